The predicted octanol–water partition coefficient (Wildman–Crippen LogP) is 5.49. The van der Waals surface area contributed by atoms with Crippen LogP contribution in [0.2, 0.25) is 0 Å². The second kappa shape index (κ2) is 9.90. The third kappa shape index (κ3) is 5.10. The fraction of sp³-hybridized carbons (Fsp3) is 0.185. The van der Waals surface area contributed by atoms with Crippen molar-refractivity contribution in [3.8, 4) is 11.5 Å². The molecular formula is C27H24O4. The maximum atomic E-state index is 12.5. The van der Waals surface area contributed by atoms with Gasteiger partial charge >= 0.3 is 0 Å². The summed E-state index contributed by atoms with van der Waals surface area (Å²) in [6, 6.07) is 25.0. The molecular weight excluding hydrogens is 388 g/mol. The van der Waals surface area contributed by atoms with Crippen molar-refractivity contribution in [2.45, 2.75) is 18.8 Å². The van der Waals surface area contributed by atoms with E-state index >= 15 is 0 Å². The SMILES string of the molecule is O=Cc1ccccc1OCCOc1ccccc1C1CC(=O)C=C(c2ccccc2)C1. The first kappa shape index (κ1) is 20.6. The third-order valence-corrected chi connectivity index (χ3v) is 5.40. The Kier molecular flexibility index (Phi) is 6.58. The summed E-state index contributed by atoms with van der Waals surface area (Å²) in [6.45, 7) is 0.657. The van der Waals surface area contributed by atoms with Crippen LogP contribution in [0, 0.1) is 0 Å². The number of allylic oxidation sites excluding steroid dienone is 2. The van der Waals surface area contributed by atoms with Crippen molar-refractivity contribution in [1.82, 2.24) is 0 Å². The number of para-hydroxylation sites is 2. The second-order valence-electron chi connectivity index (χ2n) is 7.50. The van der Waals surface area contributed by atoms with Crippen LogP contribution in [0.4, 0.5) is 0 Å². The van der Waals surface area contributed by atoms with E-state index in [-0.39, 0.29) is 11.7 Å². The molecule has 0 saturated heterocycles. The highest BCUT2D eigenvalue weighted by molar-refractivity contribution is 5.99. The van der Waals surface area contributed by atoms with Crippen molar-refractivity contribution in [1.29, 1.82) is 0 Å². The first-order chi connectivity index (χ1) is 15.2. The number of ketones is 1. The van der Waals surface area contributed by atoms with E-state index in [4.69, 9.17) is 9.47 Å². The third-order valence-electron chi connectivity index (χ3n) is 5.40. The number of carbonyl (C=O) groups excluding carboxylic acids is 2. The monoisotopic (exact) mass is 412 g/mol. The Morgan fingerprint density at radius 3 is 2.19 bits per heavy atom. The van der Waals surface area contributed by atoms with Gasteiger partial charge in [-0.1, -0.05) is 60.7 Å². The molecule has 0 spiro atoms. The first-order valence-corrected chi connectivity index (χ1v) is 10.4. The summed E-state index contributed by atoms with van der Waals surface area (Å²) < 4.78 is 11.7. The zero-order chi connectivity index (χ0) is 21.5. The molecule has 1 aliphatic rings. The molecule has 156 valence electrons. The van der Waals surface area contributed by atoms with Crippen molar-refractivity contribution in [2.75, 3.05) is 13.2 Å². The fourth-order valence-electron chi connectivity index (χ4n) is 3.93. The number of aldehydes is 1. The van der Waals surface area contributed by atoms with Gasteiger partial charge in [-0.15, -0.1) is 0 Å². The second-order valence-corrected chi connectivity index (χ2v) is 7.50. The van der Waals surface area contributed by atoms with Gasteiger partial charge in [0.15, 0.2) is 12.1 Å². The Balaban J connectivity index is 1.43. The minimum absolute atomic E-state index is 0.0700. The Morgan fingerprint density at radius 2 is 1.42 bits per heavy atom. The lowest BCUT2D eigenvalue weighted by atomic mass is 9.80. The van der Waals surface area contributed by atoms with E-state index in [1.54, 1.807) is 24.3 Å². The molecule has 0 heterocycles. The van der Waals surface area contributed by atoms with Crippen LogP contribution in [0.3, 0.4) is 0 Å². The molecule has 1 aliphatic carbocycles. The van der Waals surface area contributed by atoms with E-state index in [2.05, 4.69) is 0 Å². The number of rotatable bonds is 8. The van der Waals surface area contributed by atoms with Crippen LogP contribution in [-0.4, -0.2) is 25.3 Å². The average Bonchev–Trinajstić information content (AvgIpc) is 2.82. The normalized spacial score (nSPS) is 15.8. The van der Waals surface area contributed by atoms with Crippen LogP contribution in [0.15, 0.2) is 84.9 Å². The maximum Gasteiger partial charge on any atom is 0.156 e. The molecule has 1 atom stereocenters. The van der Waals surface area contributed by atoms with E-state index in [1.807, 2.05) is 60.7 Å². The van der Waals surface area contributed by atoms with E-state index in [9.17, 15) is 9.59 Å². The number of ether oxygens (including phenoxy) is 2. The predicted molar refractivity (Wildman–Crippen MR) is 121 cm³/mol. The molecule has 0 bridgehead atoms. The summed E-state index contributed by atoms with van der Waals surface area (Å²) in [7, 11) is 0. The summed E-state index contributed by atoms with van der Waals surface area (Å²) in [4.78, 5) is 23.6. The van der Waals surface area contributed by atoms with Gasteiger partial charge in [-0.25, -0.2) is 0 Å². The lowest BCUT2D eigenvalue weighted by Gasteiger charge is -2.24. The van der Waals surface area contributed by atoms with E-state index in [0.29, 0.717) is 30.9 Å². The molecule has 3 aromatic rings. The summed E-state index contributed by atoms with van der Waals surface area (Å²) in [5.74, 6) is 1.52. The first-order valence-electron chi connectivity index (χ1n) is 10.4. The molecule has 4 heteroatoms. The molecule has 0 radical (unpaired) electrons. The molecule has 31 heavy (non-hydrogen) atoms. The van der Waals surface area contributed by atoms with Crippen molar-refractivity contribution < 1.29 is 19.1 Å². The Morgan fingerprint density at radius 1 is 0.774 bits per heavy atom. The fourth-order valence-corrected chi connectivity index (χ4v) is 3.93. The molecule has 0 aliphatic heterocycles. The summed E-state index contributed by atoms with van der Waals surface area (Å²) >= 11 is 0. The zero-order valence-electron chi connectivity index (χ0n) is 17.2. The van der Waals surface area contributed by atoms with Crippen LogP contribution in [-0.2, 0) is 4.79 Å². The Hall–Kier alpha value is -3.66. The van der Waals surface area contributed by atoms with E-state index in [0.717, 1.165) is 35.2 Å². The van der Waals surface area contributed by atoms with Crippen LogP contribution in [0.1, 0.15) is 40.2 Å². The lowest BCUT2D eigenvalue weighted by molar-refractivity contribution is -0.115. The number of carbonyl (C=O) groups is 2. The summed E-state index contributed by atoms with van der Waals surface area (Å²) in [6.07, 6.45) is 3.82. The average molecular weight is 412 g/mol. The highest BCUT2D eigenvalue weighted by Gasteiger charge is 2.25. The highest BCUT2D eigenvalue weighted by atomic mass is 16.5. The van der Waals surface area contributed by atoms with Crippen LogP contribution in [0.5, 0.6) is 11.5 Å². The molecule has 4 nitrogen and oxygen atoms in total. The molecule has 4 rings (SSSR count). The molecule has 0 aromatic heterocycles. The van der Waals surface area contributed by atoms with E-state index < -0.39 is 0 Å². The van der Waals surface area contributed by atoms with Gasteiger partial charge < -0.3 is 9.47 Å². The van der Waals surface area contributed by atoms with Crippen molar-refractivity contribution in [3.05, 3.63) is 102 Å². The van der Waals surface area contributed by atoms with Crippen molar-refractivity contribution in [3.63, 3.8) is 0 Å². The topological polar surface area (TPSA) is 52.6 Å². The van der Waals surface area contributed by atoms with Gasteiger partial charge in [0.25, 0.3) is 0 Å². The molecule has 0 fully saturated rings. The number of hydrogen-bond acceptors (Lipinski definition) is 4. The minimum atomic E-state index is 0.0700. The van der Waals surface area contributed by atoms with Crippen molar-refractivity contribution >= 4 is 17.6 Å². The number of hydrogen-bond donors (Lipinski definition) is 0. The van der Waals surface area contributed by atoms with Crippen LogP contribution < -0.4 is 9.47 Å². The smallest absolute Gasteiger partial charge is 0.156 e. The maximum absolute atomic E-state index is 12.5. The standard InChI is InChI=1S/C27H24O4/c28-19-21-10-4-6-12-26(21)30-14-15-31-27-13-7-5-11-25(27)23-16-22(17-24(29)18-23)20-8-2-1-3-9-20/h1-13,17,19,23H,14-16,18H2. The van der Waals surface area contributed by atoms with Gasteiger partial charge in [0.2, 0.25) is 0 Å². The highest BCUT2D eigenvalue weighted by Crippen LogP contribution is 2.39. The van der Waals surface area contributed by atoms with E-state index in [1.165, 1.54) is 0 Å². The number of benzene rings is 3. The molecule has 0 saturated carbocycles. The lowest BCUT2D eigenvalue weighted by Crippen LogP contribution is -2.15. The molecule has 0 N–H and O–H groups in total. The van der Waals surface area contributed by atoms with Gasteiger partial charge in [-0.2, -0.15) is 0 Å². The minimum Gasteiger partial charge on any atom is -0.490 e. The summed E-state index contributed by atoms with van der Waals surface area (Å²) in [5.41, 5.74) is 3.70. The zero-order valence-corrected chi connectivity index (χ0v) is 17.2. The Labute approximate surface area is 182 Å². The Bertz CT molecular complexity index is 1090. The largest absolute Gasteiger partial charge is 0.490 e. The molecule has 1 unspecified atom stereocenters. The molecule has 0 amide bonds. The van der Waals surface area contributed by atoms with Gasteiger partial charge in [-0.3, -0.25) is 9.59 Å². The van der Waals surface area contributed by atoms with Gasteiger partial charge in [0.1, 0.15) is 24.7 Å². The summed E-state index contributed by atoms with van der Waals surface area (Å²) in [5, 5.41) is 0. The van der Waals surface area contributed by atoms with Gasteiger partial charge in [-0.05, 0) is 53.3 Å². The van der Waals surface area contributed by atoms with Gasteiger partial charge in [0.05, 0.1) is 5.56 Å². The van der Waals surface area contributed by atoms with Crippen molar-refractivity contribution in [2.24, 2.45) is 0 Å². The van der Waals surface area contributed by atoms with Crippen LogP contribution in [0.25, 0.3) is 5.57 Å². The molecule has 3 aromatic carbocycles. The quantitative estimate of drug-likeness (QED) is 0.363. The van der Waals surface area contributed by atoms with Gasteiger partial charge in [0, 0.05) is 6.42 Å². The van der Waals surface area contributed by atoms with Crippen LogP contribution >= 0.6 is 0 Å².